The summed E-state index contributed by atoms with van der Waals surface area (Å²) in [6.45, 7) is 4.07. The van der Waals surface area contributed by atoms with Gasteiger partial charge in [-0.3, -0.25) is 4.31 Å². The van der Waals surface area contributed by atoms with E-state index in [2.05, 4.69) is 15.6 Å². The Morgan fingerprint density at radius 3 is 2.54 bits per heavy atom. The molecule has 152 valence electrons. The summed E-state index contributed by atoms with van der Waals surface area (Å²) in [6, 6.07) is 17.6. The van der Waals surface area contributed by atoms with Gasteiger partial charge in [-0.15, -0.1) is 24.0 Å². The third kappa shape index (κ3) is 5.84. The van der Waals surface area contributed by atoms with E-state index >= 15 is 0 Å². The minimum atomic E-state index is -3.36. The zero-order valence-electron chi connectivity index (χ0n) is 16.0. The molecule has 0 aromatic heterocycles. The summed E-state index contributed by atoms with van der Waals surface area (Å²) in [4.78, 5) is 4.52. The number of fused-ring (bicyclic) bond motifs is 1. The van der Waals surface area contributed by atoms with Gasteiger partial charge in [-0.1, -0.05) is 48.5 Å². The van der Waals surface area contributed by atoms with E-state index in [-0.39, 0.29) is 29.7 Å². The number of rotatable bonds is 7. The van der Waals surface area contributed by atoms with Crippen LogP contribution in [0.2, 0.25) is 0 Å². The number of guanidine groups is 1. The number of nitrogens with zero attached hydrogens (tertiary/aromatic N) is 2. The zero-order valence-corrected chi connectivity index (χ0v) is 19.1. The van der Waals surface area contributed by atoms with Crippen LogP contribution >= 0.6 is 24.0 Å². The van der Waals surface area contributed by atoms with Crippen LogP contribution in [0, 0.1) is 0 Å². The van der Waals surface area contributed by atoms with Crippen molar-refractivity contribution in [2.75, 3.05) is 29.7 Å². The molecule has 3 rings (SSSR count). The topological polar surface area (TPSA) is 73.8 Å². The summed E-state index contributed by atoms with van der Waals surface area (Å²) in [6.07, 6.45) is 0.768. The molecular weight excluding hydrogens is 487 g/mol. The molecule has 0 fully saturated rings. The number of halogens is 1. The Balaban J connectivity index is 0.00000280. The first-order valence-corrected chi connectivity index (χ1v) is 10.9. The van der Waals surface area contributed by atoms with Gasteiger partial charge < -0.3 is 10.6 Å². The maximum absolute atomic E-state index is 12.7. The van der Waals surface area contributed by atoms with Gasteiger partial charge in [-0.2, -0.15) is 0 Å². The zero-order chi connectivity index (χ0) is 19.1. The van der Waals surface area contributed by atoms with Crippen LogP contribution in [-0.2, 0) is 23.0 Å². The highest BCUT2D eigenvalue weighted by atomic mass is 127. The highest BCUT2D eigenvalue weighted by Gasteiger charge is 2.28. The second-order valence-electron chi connectivity index (χ2n) is 6.37. The Bertz CT molecular complexity index is 888. The number of hydrogen-bond acceptors (Lipinski definition) is 3. The number of benzene rings is 2. The largest absolute Gasteiger partial charge is 0.357 e. The Morgan fingerprint density at radius 2 is 1.79 bits per heavy atom. The molecule has 2 N–H and O–H groups in total. The van der Waals surface area contributed by atoms with Gasteiger partial charge in [0.2, 0.25) is 10.0 Å². The first-order chi connectivity index (χ1) is 13.1. The molecule has 0 saturated heterocycles. The number of aliphatic imine (C=N–C) groups is 1. The van der Waals surface area contributed by atoms with Crippen molar-refractivity contribution in [1.82, 2.24) is 10.6 Å². The predicted octanol–water partition coefficient (Wildman–Crippen LogP) is 2.75. The lowest BCUT2D eigenvalue weighted by atomic mass is 10.2. The van der Waals surface area contributed by atoms with Gasteiger partial charge in [0.25, 0.3) is 0 Å². The molecule has 6 nitrogen and oxygen atoms in total. The Kier molecular flexibility index (Phi) is 8.56. The highest BCUT2D eigenvalue weighted by molar-refractivity contribution is 14.0. The van der Waals surface area contributed by atoms with Crippen molar-refractivity contribution in [3.8, 4) is 0 Å². The minimum Gasteiger partial charge on any atom is -0.357 e. The fraction of sp³-hybridized carbons (Fsp3) is 0.350. The first kappa shape index (κ1) is 22.5. The molecular formula is C20H27IN4O2S. The second-order valence-corrected chi connectivity index (χ2v) is 8.39. The van der Waals surface area contributed by atoms with Crippen molar-refractivity contribution < 1.29 is 8.42 Å². The molecule has 1 heterocycles. The summed E-state index contributed by atoms with van der Waals surface area (Å²) in [5.74, 6) is 0.648. The van der Waals surface area contributed by atoms with Crippen molar-refractivity contribution >= 4 is 45.6 Å². The van der Waals surface area contributed by atoms with Gasteiger partial charge in [-0.05, 0) is 30.5 Å². The van der Waals surface area contributed by atoms with Crippen molar-refractivity contribution in [3.05, 3.63) is 65.7 Å². The lowest BCUT2D eigenvalue weighted by molar-refractivity contribution is 0.591. The van der Waals surface area contributed by atoms with E-state index in [1.165, 1.54) is 4.31 Å². The predicted molar refractivity (Wildman–Crippen MR) is 126 cm³/mol. The Hall–Kier alpha value is -1.81. The van der Waals surface area contributed by atoms with Crippen LogP contribution in [-0.4, -0.2) is 39.8 Å². The minimum absolute atomic E-state index is 0. The number of sulfonamides is 1. The summed E-state index contributed by atoms with van der Waals surface area (Å²) in [7, 11) is -3.36. The number of anilines is 1. The van der Waals surface area contributed by atoms with Crippen molar-refractivity contribution in [1.29, 1.82) is 0 Å². The lowest BCUT2D eigenvalue weighted by Crippen LogP contribution is -2.42. The second kappa shape index (κ2) is 10.7. The van der Waals surface area contributed by atoms with E-state index in [4.69, 9.17) is 0 Å². The first-order valence-electron chi connectivity index (χ1n) is 9.24. The fourth-order valence-electron chi connectivity index (χ4n) is 3.10. The third-order valence-electron chi connectivity index (χ3n) is 4.44. The van der Waals surface area contributed by atoms with E-state index in [1.807, 2.05) is 61.5 Å². The average Bonchev–Trinajstić information content (AvgIpc) is 3.12. The molecule has 1 aliphatic rings. The highest BCUT2D eigenvalue weighted by Crippen LogP contribution is 2.29. The van der Waals surface area contributed by atoms with Crippen LogP contribution in [0.15, 0.2) is 59.6 Å². The molecule has 0 radical (unpaired) electrons. The third-order valence-corrected chi connectivity index (χ3v) is 6.21. The van der Waals surface area contributed by atoms with Gasteiger partial charge in [0.05, 0.1) is 18.0 Å². The lowest BCUT2D eigenvalue weighted by Gasteiger charge is -2.20. The molecule has 0 amide bonds. The normalized spacial score (nSPS) is 13.6. The Labute approximate surface area is 184 Å². The van der Waals surface area contributed by atoms with Gasteiger partial charge in [0, 0.05) is 19.6 Å². The van der Waals surface area contributed by atoms with Crippen LogP contribution in [0.3, 0.4) is 0 Å². The molecule has 0 bridgehead atoms. The fourth-order valence-corrected chi connectivity index (χ4v) is 4.53. The molecule has 0 saturated carbocycles. The van der Waals surface area contributed by atoms with Crippen molar-refractivity contribution in [3.63, 3.8) is 0 Å². The van der Waals surface area contributed by atoms with Crippen molar-refractivity contribution in [2.45, 2.75) is 19.9 Å². The summed E-state index contributed by atoms with van der Waals surface area (Å²) < 4.78 is 27.0. The standard InChI is InChI=1S/C20H26N4O2S.HI/c1-2-21-20(23-16-17-8-4-3-5-9-17)22-13-15-27(25,26)24-14-12-18-10-6-7-11-19(18)24;/h3-11H,2,12-16H2,1H3,(H2,21,22,23);1H. The van der Waals surface area contributed by atoms with Gasteiger partial charge >= 0.3 is 0 Å². The van der Waals surface area contributed by atoms with Crippen LogP contribution in [0.5, 0.6) is 0 Å². The molecule has 0 atom stereocenters. The van der Waals surface area contributed by atoms with E-state index in [0.717, 1.165) is 23.2 Å². The smallest absolute Gasteiger partial charge is 0.236 e. The average molecular weight is 514 g/mol. The van der Waals surface area contributed by atoms with Crippen molar-refractivity contribution in [2.24, 2.45) is 4.99 Å². The van der Waals surface area contributed by atoms with E-state index in [1.54, 1.807) is 0 Å². The SMILES string of the molecule is CCNC(=NCc1ccccc1)NCCS(=O)(=O)N1CCc2ccccc21.I. The van der Waals surface area contributed by atoms with Gasteiger partial charge in [0.1, 0.15) is 0 Å². The quantitative estimate of drug-likeness (QED) is 0.339. The molecule has 28 heavy (non-hydrogen) atoms. The summed E-state index contributed by atoms with van der Waals surface area (Å²) in [5.41, 5.74) is 3.00. The van der Waals surface area contributed by atoms with Crippen LogP contribution in [0.25, 0.3) is 0 Å². The number of para-hydroxylation sites is 1. The van der Waals surface area contributed by atoms with E-state index in [9.17, 15) is 8.42 Å². The number of nitrogens with one attached hydrogen (secondary N) is 2. The molecule has 1 aliphatic heterocycles. The summed E-state index contributed by atoms with van der Waals surface area (Å²) in [5, 5.41) is 6.28. The molecule has 0 unspecified atom stereocenters. The van der Waals surface area contributed by atoms with Crippen LogP contribution < -0.4 is 14.9 Å². The van der Waals surface area contributed by atoms with Gasteiger partial charge in [-0.25, -0.2) is 13.4 Å². The van der Waals surface area contributed by atoms with E-state index < -0.39 is 10.0 Å². The molecule has 0 spiro atoms. The molecule has 2 aromatic carbocycles. The number of hydrogen-bond donors (Lipinski definition) is 2. The molecule has 0 aliphatic carbocycles. The maximum Gasteiger partial charge on any atom is 0.236 e. The Morgan fingerprint density at radius 1 is 1.07 bits per heavy atom. The van der Waals surface area contributed by atoms with E-state index in [0.29, 0.717) is 32.1 Å². The van der Waals surface area contributed by atoms with Crippen LogP contribution in [0.1, 0.15) is 18.1 Å². The van der Waals surface area contributed by atoms with Gasteiger partial charge in [0.15, 0.2) is 5.96 Å². The summed E-state index contributed by atoms with van der Waals surface area (Å²) >= 11 is 0. The monoisotopic (exact) mass is 514 g/mol. The molecule has 8 heteroatoms. The maximum atomic E-state index is 12.7. The van der Waals surface area contributed by atoms with Crippen LogP contribution in [0.4, 0.5) is 5.69 Å². The molecule has 2 aromatic rings.